The number of rotatable bonds is 8. The number of hydrogen-bond donors (Lipinski definition) is 2. The Hall–Kier alpha value is -2.50. The van der Waals surface area contributed by atoms with Crippen molar-refractivity contribution in [2.24, 2.45) is 4.99 Å². The molecule has 2 aromatic rings. The van der Waals surface area contributed by atoms with Gasteiger partial charge in [-0.3, -0.25) is 9.79 Å². The van der Waals surface area contributed by atoms with Crippen molar-refractivity contribution in [1.82, 2.24) is 15.5 Å². The zero-order chi connectivity index (χ0) is 23.1. The highest BCUT2D eigenvalue weighted by atomic mass is 127. The summed E-state index contributed by atoms with van der Waals surface area (Å²) >= 11 is 0. The minimum Gasteiger partial charge on any atom is -0.484 e. The van der Waals surface area contributed by atoms with E-state index in [0.29, 0.717) is 30.8 Å². The molecule has 0 aromatic heterocycles. The van der Waals surface area contributed by atoms with Gasteiger partial charge in [0.15, 0.2) is 12.6 Å². The zero-order valence-corrected chi connectivity index (χ0v) is 20.8. The number of nitrogens with zero attached hydrogens (tertiary/aromatic N) is 2. The molecule has 3 rings (SSSR count). The fourth-order valence-corrected chi connectivity index (χ4v) is 3.10. The Balaban J connectivity index is 0.00000385. The van der Waals surface area contributed by atoms with E-state index in [4.69, 9.17) is 4.74 Å². The molecule has 1 saturated carbocycles. The first-order valence-electron chi connectivity index (χ1n) is 10.3. The molecule has 0 unspecified atom stereocenters. The van der Waals surface area contributed by atoms with Crippen LogP contribution in [0.2, 0.25) is 0 Å². The molecule has 1 aliphatic carbocycles. The Bertz CT molecular complexity index is 947. The normalized spacial score (nSPS) is 13.7. The number of halogens is 4. The Labute approximate surface area is 208 Å². The van der Waals surface area contributed by atoms with Crippen molar-refractivity contribution < 1.29 is 22.7 Å². The molecule has 180 valence electrons. The lowest BCUT2D eigenvalue weighted by atomic mass is 10.1. The molecule has 0 saturated heterocycles. The quantitative estimate of drug-likeness (QED) is 0.281. The van der Waals surface area contributed by atoms with Gasteiger partial charge in [0.1, 0.15) is 5.75 Å². The second-order valence-electron chi connectivity index (χ2n) is 7.73. The van der Waals surface area contributed by atoms with E-state index < -0.39 is 11.7 Å². The summed E-state index contributed by atoms with van der Waals surface area (Å²) in [6.07, 6.45) is -2.29. The lowest BCUT2D eigenvalue weighted by molar-refractivity contribution is -0.137. The van der Waals surface area contributed by atoms with Gasteiger partial charge in [0.05, 0.1) is 5.56 Å². The first kappa shape index (κ1) is 26.7. The maximum absolute atomic E-state index is 12.7. The average molecular weight is 576 g/mol. The molecule has 1 amide bonds. The largest absolute Gasteiger partial charge is 0.484 e. The number of benzene rings is 2. The van der Waals surface area contributed by atoms with Gasteiger partial charge in [0.2, 0.25) is 0 Å². The highest BCUT2D eigenvalue weighted by Gasteiger charge is 2.30. The van der Waals surface area contributed by atoms with Crippen LogP contribution in [0.15, 0.2) is 53.5 Å². The number of amides is 1. The van der Waals surface area contributed by atoms with E-state index in [9.17, 15) is 18.0 Å². The van der Waals surface area contributed by atoms with E-state index in [-0.39, 0.29) is 36.5 Å². The van der Waals surface area contributed by atoms with Gasteiger partial charge in [-0.2, -0.15) is 13.2 Å². The molecular weight excluding hydrogens is 548 g/mol. The van der Waals surface area contributed by atoms with Crippen molar-refractivity contribution in [3.05, 3.63) is 65.2 Å². The number of guanidine groups is 1. The molecule has 1 fully saturated rings. The minimum atomic E-state index is -4.35. The summed E-state index contributed by atoms with van der Waals surface area (Å²) in [5, 5.41) is 6.10. The van der Waals surface area contributed by atoms with Gasteiger partial charge < -0.3 is 20.3 Å². The molecule has 33 heavy (non-hydrogen) atoms. The fourth-order valence-electron chi connectivity index (χ4n) is 3.10. The van der Waals surface area contributed by atoms with Crippen molar-refractivity contribution in [2.75, 3.05) is 20.7 Å². The number of alkyl halides is 3. The predicted octanol–water partition coefficient (Wildman–Crippen LogP) is 4.19. The summed E-state index contributed by atoms with van der Waals surface area (Å²) in [6.45, 7) is 0.845. The second-order valence-corrected chi connectivity index (χ2v) is 7.73. The third-order valence-corrected chi connectivity index (χ3v) is 4.94. The van der Waals surface area contributed by atoms with Gasteiger partial charge in [-0.05, 0) is 48.2 Å². The molecule has 2 aromatic carbocycles. The van der Waals surface area contributed by atoms with E-state index in [1.54, 1.807) is 13.1 Å². The molecule has 0 aliphatic heterocycles. The van der Waals surface area contributed by atoms with E-state index in [0.717, 1.165) is 36.1 Å². The molecule has 0 atom stereocenters. The fraction of sp³-hybridized carbons (Fsp3) is 0.391. The second kappa shape index (κ2) is 12.1. The number of hydrogen-bond acceptors (Lipinski definition) is 3. The van der Waals surface area contributed by atoms with Crippen molar-refractivity contribution in [1.29, 1.82) is 0 Å². The Morgan fingerprint density at radius 3 is 2.45 bits per heavy atom. The van der Waals surface area contributed by atoms with Crippen LogP contribution in [0.25, 0.3) is 0 Å². The van der Waals surface area contributed by atoms with E-state index >= 15 is 0 Å². The van der Waals surface area contributed by atoms with Gasteiger partial charge in [-0.25, -0.2) is 0 Å². The predicted molar refractivity (Wildman–Crippen MR) is 132 cm³/mol. The molecule has 1 aliphatic rings. The molecule has 0 radical (unpaired) electrons. The van der Waals surface area contributed by atoms with Crippen LogP contribution in [0.4, 0.5) is 13.2 Å². The van der Waals surface area contributed by atoms with Crippen LogP contribution in [-0.4, -0.2) is 43.5 Å². The third kappa shape index (κ3) is 8.75. The molecular formula is C23H28F3IN4O2. The zero-order valence-electron chi connectivity index (χ0n) is 18.5. The maximum atomic E-state index is 12.7. The molecule has 0 heterocycles. The van der Waals surface area contributed by atoms with Crippen LogP contribution in [0.3, 0.4) is 0 Å². The van der Waals surface area contributed by atoms with Crippen LogP contribution < -0.4 is 15.4 Å². The van der Waals surface area contributed by atoms with E-state index in [1.165, 1.54) is 12.1 Å². The summed E-state index contributed by atoms with van der Waals surface area (Å²) in [5.41, 5.74) is 1.01. The van der Waals surface area contributed by atoms with Gasteiger partial charge in [0, 0.05) is 33.2 Å². The monoisotopic (exact) mass is 576 g/mol. The van der Waals surface area contributed by atoms with Gasteiger partial charge in [0.25, 0.3) is 5.91 Å². The highest BCUT2D eigenvalue weighted by molar-refractivity contribution is 14.0. The van der Waals surface area contributed by atoms with Crippen molar-refractivity contribution >= 4 is 35.8 Å². The summed E-state index contributed by atoms with van der Waals surface area (Å²) in [7, 11) is 3.45. The van der Waals surface area contributed by atoms with Gasteiger partial charge in [-0.1, -0.05) is 24.3 Å². The lowest BCUT2D eigenvalue weighted by Gasteiger charge is -2.22. The van der Waals surface area contributed by atoms with Gasteiger partial charge >= 0.3 is 6.18 Å². The highest BCUT2D eigenvalue weighted by Crippen LogP contribution is 2.29. The van der Waals surface area contributed by atoms with Crippen LogP contribution in [-0.2, 0) is 24.1 Å². The average Bonchev–Trinajstić information content (AvgIpc) is 3.57. The summed E-state index contributed by atoms with van der Waals surface area (Å²) in [4.78, 5) is 17.8. The van der Waals surface area contributed by atoms with Crippen molar-refractivity contribution in [3.8, 4) is 5.75 Å². The summed E-state index contributed by atoms with van der Waals surface area (Å²) in [6, 6.07) is 12.8. The standard InChI is InChI=1S/C23H27F3N4O2.HI/c1-27-22(30(2)14-16-6-8-18(9-7-16)23(24,25)26)28-13-17-4-3-5-20(12-17)32-15-21(31)29-19-10-11-19;/h3-9,12,19H,10-11,13-15H2,1-2H3,(H,27,28)(H,29,31);1H. The Morgan fingerprint density at radius 2 is 1.85 bits per heavy atom. The topological polar surface area (TPSA) is 66.0 Å². The number of aliphatic imine (C=N–C) groups is 1. The number of ether oxygens (including phenoxy) is 1. The summed E-state index contributed by atoms with van der Waals surface area (Å²) < 4.78 is 43.8. The molecule has 0 bridgehead atoms. The van der Waals surface area contributed by atoms with E-state index in [2.05, 4.69) is 15.6 Å². The molecule has 0 spiro atoms. The van der Waals surface area contributed by atoms with Crippen LogP contribution in [0.5, 0.6) is 5.75 Å². The molecule has 10 heteroatoms. The van der Waals surface area contributed by atoms with Crippen molar-refractivity contribution in [3.63, 3.8) is 0 Å². The smallest absolute Gasteiger partial charge is 0.416 e. The Morgan fingerprint density at radius 1 is 1.15 bits per heavy atom. The van der Waals surface area contributed by atoms with Crippen molar-refractivity contribution in [2.45, 2.75) is 38.1 Å². The van der Waals surface area contributed by atoms with Crippen LogP contribution in [0, 0.1) is 0 Å². The summed E-state index contributed by atoms with van der Waals surface area (Å²) in [5.74, 6) is 1.07. The SMILES string of the molecule is CN=C(NCc1cccc(OCC(=O)NC2CC2)c1)N(C)Cc1ccc(C(F)(F)F)cc1.I. The molecule has 2 N–H and O–H groups in total. The minimum absolute atomic E-state index is 0. The lowest BCUT2D eigenvalue weighted by Crippen LogP contribution is -2.38. The number of nitrogens with one attached hydrogen (secondary N) is 2. The Kier molecular flexibility index (Phi) is 9.81. The third-order valence-electron chi connectivity index (χ3n) is 4.94. The maximum Gasteiger partial charge on any atom is 0.416 e. The van der Waals surface area contributed by atoms with Crippen LogP contribution >= 0.6 is 24.0 Å². The van der Waals surface area contributed by atoms with E-state index in [1.807, 2.05) is 30.1 Å². The molecule has 6 nitrogen and oxygen atoms in total. The first-order chi connectivity index (χ1) is 15.2. The van der Waals surface area contributed by atoms with Gasteiger partial charge in [-0.15, -0.1) is 24.0 Å². The number of carbonyl (C=O) groups is 1. The first-order valence-corrected chi connectivity index (χ1v) is 10.3. The van der Waals surface area contributed by atoms with Crippen LogP contribution in [0.1, 0.15) is 29.5 Å². The number of carbonyl (C=O) groups excluding carboxylic acids is 1.